The smallest absolute Gasteiger partial charge is 0.337 e. The molecule has 0 heterocycles. The van der Waals surface area contributed by atoms with Crippen molar-refractivity contribution in [2.45, 2.75) is 12.8 Å². The number of fused-ring (bicyclic) bond motifs is 1. The Hall–Kier alpha value is -3.93. The zero-order valence-corrected chi connectivity index (χ0v) is 17.7. The fraction of sp³-hybridized carbons (Fsp3) is 0.192. The molecule has 32 heavy (non-hydrogen) atoms. The molecule has 162 valence electrons. The summed E-state index contributed by atoms with van der Waals surface area (Å²) in [6, 6.07) is 20.1. The molecule has 3 aromatic carbocycles. The third-order valence-electron chi connectivity index (χ3n) is 5.73. The van der Waals surface area contributed by atoms with Crippen LogP contribution < -0.4 is 10.6 Å². The van der Waals surface area contributed by atoms with Crippen LogP contribution in [0.2, 0.25) is 0 Å². The van der Waals surface area contributed by atoms with Gasteiger partial charge in [0.1, 0.15) is 0 Å². The molecule has 0 aromatic heterocycles. The van der Waals surface area contributed by atoms with Gasteiger partial charge in [0.15, 0.2) is 0 Å². The molecule has 0 fully saturated rings. The van der Waals surface area contributed by atoms with Crippen molar-refractivity contribution in [3.8, 4) is 0 Å². The summed E-state index contributed by atoms with van der Waals surface area (Å²) in [5.74, 6) is -1.81. The second-order valence-electron chi connectivity index (χ2n) is 7.73. The minimum atomic E-state index is -0.490. The summed E-state index contributed by atoms with van der Waals surface area (Å²) in [4.78, 5) is 37.7. The number of esters is 1. The van der Waals surface area contributed by atoms with Gasteiger partial charge >= 0.3 is 5.97 Å². The van der Waals surface area contributed by atoms with E-state index in [2.05, 4.69) is 10.6 Å². The number of anilines is 2. The molecule has 2 N–H and O–H groups in total. The molecular formula is C26H24N2O4. The summed E-state index contributed by atoms with van der Waals surface area (Å²) in [5.41, 5.74) is 1.70. The average Bonchev–Trinajstić information content (AvgIpc) is 2.84. The number of amides is 2. The highest BCUT2D eigenvalue weighted by Gasteiger charge is 2.34. The molecule has 2 atom stereocenters. The van der Waals surface area contributed by atoms with Gasteiger partial charge in [0, 0.05) is 16.8 Å². The van der Waals surface area contributed by atoms with E-state index in [4.69, 9.17) is 4.74 Å². The number of benzene rings is 3. The van der Waals surface area contributed by atoms with Gasteiger partial charge in [-0.05, 0) is 48.6 Å². The quantitative estimate of drug-likeness (QED) is 0.452. The van der Waals surface area contributed by atoms with Crippen LogP contribution in [0.25, 0.3) is 10.8 Å². The van der Waals surface area contributed by atoms with Crippen LogP contribution in [0.4, 0.5) is 11.4 Å². The van der Waals surface area contributed by atoms with E-state index in [1.807, 2.05) is 54.6 Å². The molecule has 1 aliphatic carbocycles. The Labute approximate surface area is 186 Å². The molecule has 0 spiro atoms. The van der Waals surface area contributed by atoms with Crippen LogP contribution in [-0.4, -0.2) is 24.9 Å². The predicted octanol–water partition coefficient (Wildman–Crippen LogP) is 4.79. The molecule has 6 nitrogen and oxygen atoms in total. The van der Waals surface area contributed by atoms with Crippen molar-refractivity contribution in [3.63, 3.8) is 0 Å². The molecule has 1 aliphatic rings. The Morgan fingerprint density at radius 3 is 2.09 bits per heavy atom. The van der Waals surface area contributed by atoms with Crippen molar-refractivity contribution in [1.82, 2.24) is 0 Å². The Bertz CT molecular complexity index is 1180. The first kappa shape index (κ1) is 21.3. The summed E-state index contributed by atoms with van der Waals surface area (Å²) in [6.45, 7) is 0. The molecule has 3 aromatic rings. The van der Waals surface area contributed by atoms with E-state index < -0.39 is 17.8 Å². The van der Waals surface area contributed by atoms with Gasteiger partial charge in [0.25, 0.3) is 0 Å². The molecule has 0 bridgehead atoms. The molecule has 0 aliphatic heterocycles. The molecule has 0 radical (unpaired) electrons. The van der Waals surface area contributed by atoms with Gasteiger partial charge in [-0.2, -0.15) is 0 Å². The van der Waals surface area contributed by atoms with Crippen molar-refractivity contribution < 1.29 is 19.1 Å². The monoisotopic (exact) mass is 428 g/mol. The number of allylic oxidation sites excluding steroid dienone is 2. The number of hydrogen-bond acceptors (Lipinski definition) is 4. The lowest BCUT2D eigenvalue weighted by Gasteiger charge is -2.27. The van der Waals surface area contributed by atoms with Gasteiger partial charge in [0.2, 0.25) is 11.8 Å². The number of ether oxygens (including phenoxy) is 1. The van der Waals surface area contributed by atoms with Gasteiger partial charge in [-0.3, -0.25) is 9.59 Å². The minimum Gasteiger partial charge on any atom is -0.465 e. The summed E-state index contributed by atoms with van der Waals surface area (Å²) in [5, 5.41) is 7.89. The summed E-state index contributed by atoms with van der Waals surface area (Å²) in [7, 11) is 1.32. The highest BCUT2D eigenvalue weighted by Crippen LogP contribution is 2.30. The predicted molar refractivity (Wildman–Crippen MR) is 124 cm³/mol. The van der Waals surface area contributed by atoms with Crippen molar-refractivity contribution in [1.29, 1.82) is 0 Å². The first-order valence-corrected chi connectivity index (χ1v) is 10.5. The molecule has 4 rings (SSSR count). The largest absolute Gasteiger partial charge is 0.465 e. The number of carbonyl (C=O) groups is 3. The van der Waals surface area contributed by atoms with E-state index >= 15 is 0 Å². The highest BCUT2D eigenvalue weighted by atomic mass is 16.5. The Kier molecular flexibility index (Phi) is 6.31. The summed E-state index contributed by atoms with van der Waals surface area (Å²) in [6.07, 6.45) is 4.87. The number of nitrogens with one attached hydrogen (secondary N) is 2. The van der Waals surface area contributed by atoms with Crippen LogP contribution in [0.5, 0.6) is 0 Å². The van der Waals surface area contributed by atoms with Crippen molar-refractivity contribution in [2.75, 3.05) is 17.7 Å². The maximum Gasteiger partial charge on any atom is 0.337 e. The summed E-state index contributed by atoms with van der Waals surface area (Å²) < 4.78 is 4.69. The molecule has 2 unspecified atom stereocenters. The Balaban J connectivity index is 1.48. The second-order valence-corrected chi connectivity index (χ2v) is 7.73. The van der Waals surface area contributed by atoms with Crippen LogP contribution in [0.15, 0.2) is 78.9 Å². The lowest BCUT2D eigenvalue weighted by molar-refractivity contribution is -0.129. The van der Waals surface area contributed by atoms with Gasteiger partial charge in [-0.25, -0.2) is 4.79 Å². The lowest BCUT2D eigenvalue weighted by atomic mass is 9.81. The van der Waals surface area contributed by atoms with Gasteiger partial charge in [-0.1, -0.05) is 48.6 Å². The van der Waals surface area contributed by atoms with Gasteiger partial charge in [0.05, 0.1) is 24.5 Å². The minimum absolute atomic E-state index is 0.174. The SMILES string of the molecule is COC(=O)c1ccc(NC(=O)C2CC=CCC2C(=O)Nc2cccc3ccccc23)cc1. The Morgan fingerprint density at radius 2 is 1.41 bits per heavy atom. The van der Waals surface area contributed by atoms with Crippen LogP contribution in [0.3, 0.4) is 0 Å². The molecule has 0 saturated heterocycles. The average molecular weight is 428 g/mol. The van der Waals surface area contributed by atoms with Gasteiger partial charge in [-0.15, -0.1) is 0 Å². The number of methoxy groups -OCH3 is 1. The standard InChI is InChI=1S/C26H24N2O4/c1-32-26(31)18-13-15-19(16-14-18)27-24(29)21-10-4-5-11-22(21)25(30)28-23-12-6-8-17-7-2-3-9-20(17)23/h2-9,12-16,21-22H,10-11H2,1H3,(H,27,29)(H,28,30). The summed E-state index contributed by atoms with van der Waals surface area (Å²) >= 11 is 0. The van der Waals surface area contributed by atoms with Crippen molar-refractivity contribution in [2.24, 2.45) is 11.8 Å². The fourth-order valence-corrected chi connectivity index (χ4v) is 4.00. The van der Waals surface area contributed by atoms with Crippen LogP contribution >= 0.6 is 0 Å². The lowest BCUT2D eigenvalue weighted by Crippen LogP contribution is -2.37. The van der Waals surface area contributed by atoms with E-state index in [0.717, 1.165) is 16.5 Å². The third-order valence-corrected chi connectivity index (χ3v) is 5.73. The first-order chi connectivity index (χ1) is 15.6. The second kappa shape index (κ2) is 9.47. The van der Waals surface area contributed by atoms with E-state index in [1.54, 1.807) is 24.3 Å². The van der Waals surface area contributed by atoms with E-state index in [1.165, 1.54) is 7.11 Å². The zero-order valence-electron chi connectivity index (χ0n) is 17.7. The van der Waals surface area contributed by atoms with E-state index in [-0.39, 0.29) is 11.8 Å². The number of rotatable bonds is 5. The molecule has 6 heteroatoms. The first-order valence-electron chi connectivity index (χ1n) is 10.5. The van der Waals surface area contributed by atoms with E-state index in [9.17, 15) is 14.4 Å². The van der Waals surface area contributed by atoms with Crippen LogP contribution in [0.1, 0.15) is 23.2 Å². The Morgan fingerprint density at radius 1 is 0.781 bits per heavy atom. The zero-order chi connectivity index (χ0) is 22.5. The van der Waals surface area contributed by atoms with Crippen molar-refractivity contribution in [3.05, 3.63) is 84.4 Å². The maximum atomic E-state index is 13.2. The van der Waals surface area contributed by atoms with Gasteiger partial charge < -0.3 is 15.4 Å². The third kappa shape index (κ3) is 4.54. The molecular weight excluding hydrogens is 404 g/mol. The van der Waals surface area contributed by atoms with Crippen LogP contribution in [-0.2, 0) is 14.3 Å². The number of hydrogen-bond donors (Lipinski definition) is 2. The highest BCUT2D eigenvalue weighted by molar-refractivity contribution is 6.05. The van der Waals surface area contributed by atoms with Crippen molar-refractivity contribution >= 4 is 39.9 Å². The van der Waals surface area contributed by atoms with E-state index in [0.29, 0.717) is 24.1 Å². The fourth-order valence-electron chi connectivity index (χ4n) is 4.00. The molecule has 2 amide bonds. The topological polar surface area (TPSA) is 84.5 Å². The maximum absolute atomic E-state index is 13.2. The van der Waals surface area contributed by atoms with Crippen LogP contribution in [0, 0.1) is 11.8 Å². The normalized spacial score (nSPS) is 17.5. The molecule has 0 saturated carbocycles. The number of carbonyl (C=O) groups excluding carboxylic acids is 3.